The van der Waals surface area contributed by atoms with Crippen molar-refractivity contribution < 1.29 is 26.4 Å². The molecule has 114 valence electrons. The number of sulfonamides is 1. The SMILES string of the molecule is O=C1CCC(NS(=O)(=O)C2CCS(=O)(=O)CC2)C(=O)N1. The van der Waals surface area contributed by atoms with E-state index < -0.39 is 43.0 Å². The second-order valence-corrected chi connectivity index (χ2v) is 9.31. The molecule has 0 aliphatic carbocycles. The van der Waals surface area contributed by atoms with Gasteiger partial charge in [0.05, 0.1) is 16.8 Å². The monoisotopic (exact) mass is 324 g/mol. The Balaban J connectivity index is 2.01. The van der Waals surface area contributed by atoms with Crippen molar-refractivity contribution in [1.29, 1.82) is 0 Å². The molecule has 0 spiro atoms. The van der Waals surface area contributed by atoms with E-state index in [1.807, 2.05) is 0 Å². The van der Waals surface area contributed by atoms with Crippen LogP contribution in [-0.4, -0.2) is 51.4 Å². The van der Waals surface area contributed by atoms with Gasteiger partial charge in [-0.15, -0.1) is 0 Å². The Hall–Kier alpha value is -1.00. The average Bonchev–Trinajstić information content (AvgIpc) is 2.32. The summed E-state index contributed by atoms with van der Waals surface area (Å²) in [6.07, 6.45) is 0.267. The highest BCUT2D eigenvalue weighted by atomic mass is 32.2. The van der Waals surface area contributed by atoms with Gasteiger partial charge in [0.15, 0.2) is 0 Å². The summed E-state index contributed by atoms with van der Waals surface area (Å²) in [6, 6.07) is -0.962. The summed E-state index contributed by atoms with van der Waals surface area (Å²) in [4.78, 5) is 22.5. The molecule has 0 aromatic heterocycles. The van der Waals surface area contributed by atoms with Crippen LogP contribution in [0.3, 0.4) is 0 Å². The van der Waals surface area contributed by atoms with Crippen molar-refractivity contribution in [1.82, 2.24) is 10.0 Å². The zero-order chi connectivity index (χ0) is 15.0. The van der Waals surface area contributed by atoms with Crippen LogP contribution >= 0.6 is 0 Å². The molecular weight excluding hydrogens is 308 g/mol. The van der Waals surface area contributed by atoms with E-state index in [2.05, 4.69) is 10.0 Å². The molecule has 10 heteroatoms. The molecule has 2 amide bonds. The molecule has 1 unspecified atom stereocenters. The lowest BCUT2D eigenvalue weighted by Gasteiger charge is -2.26. The summed E-state index contributed by atoms with van der Waals surface area (Å²) in [5.74, 6) is -1.40. The molecule has 1 atom stereocenters. The van der Waals surface area contributed by atoms with Crippen LogP contribution in [0.25, 0.3) is 0 Å². The lowest BCUT2D eigenvalue weighted by molar-refractivity contribution is -0.134. The Morgan fingerprint density at radius 3 is 2.25 bits per heavy atom. The summed E-state index contributed by atoms with van der Waals surface area (Å²) in [5, 5.41) is 1.26. The first-order valence-corrected chi connectivity index (χ1v) is 9.62. The van der Waals surface area contributed by atoms with Gasteiger partial charge in [-0.2, -0.15) is 0 Å². The third-order valence-electron chi connectivity index (χ3n) is 3.49. The van der Waals surface area contributed by atoms with E-state index in [1.165, 1.54) is 0 Å². The van der Waals surface area contributed by atoms with E-state index >= 15 is 0 Å². The van der Waals surface area contributed by atoms with Crippen LogP contribution < -0.4 is 10.0 Å². The van der Waals surface area contributed by atoms with Crippen LogP contribution in [0.4, 0.5) is 0 Å². The van der Waals surface area contributed by atoms with Gasteiger partial charge in [0.25, 0.3) is 0 Å². The largest absolute Gasteiger partial charge is 0.295 e. The van der Waals surface area contributed by atoms with E-state index in [0.717, 1.165) is 0 Å². The minimum absolute atomic E-state index is 0.0327. The van der Waals surface area contributed by atoms with Gasteiger partial charge in [-0.1, -0.05) is 0 Å². The maximum atomic E-state index is 12.1. The Morgan fingerprint density at radius 1 is 1.10 bits per heavy atom. The third kappa shape index (κ3) is 3.55. The smallest absolute Gasteiger partial charge is 0.244 e. The van der Waals surface area contributed by atoms with Crippen LogP contribution in [0.5, 0.6) is 0 Å². The highest BCUT2D eigenvalue weighted by molar-refractivity contribution is 7.92. The summed E-state index contributed by atoms with van der Waals surface area (Å²) >= 11 is 0. The molecule has 2 fully saturated rings. The van der Waals surface area contributed by atoms with Crippen molar-refractivity contribution in [3.05, 3.63) is 0 Å². The third-order valence-corrected chi connectivity index (χ3v) is 7.16. The number of carbonyl (C=O) groups is 2. The predicted octanol–water partition coefficient (Wildman–Crippen LogP) is -1.71. The summed E-state index contributed by atoms with van der Waals surface area (Å²) in [6.45, 7) is 0. The van der Waals surface area contributed by atoms with Gasteiger partial charge in [-0.3, -0.25) is 14.9 Å². The number of rotatable bonds is 3. The fourth-order valence-electron chi connectivity index (χ4n) is 2.28. The first-order chi connectivity index (χ1) is 9.20. The number of piperidine rings is 1. The standard InChI is InChI=1S/C10H16N2O6S2/c13-9-2-1-8(10(14)11-9)12-20(17,18)7-3-5-19(15,16)6-4-7/h7-8,12H,1-6H2,(H,11,13,14). The molecule has 2 heterocycles. The first kappa shape index (κ1) is 15.4. The van der Waals surface area contributed by atoms with E-state index in [9.17, 15) is 26.4 Å². The summed E-state index contributed by atoms with van der Waals surface area (Å²) in [7, 11) is -6.91. The van der Waals surface area contributed by atoms with Crippen molar-refractivity contribution in [2.75, 3.05) is 11.5 Å². The first-order valence-electron chi connectivity index (χ1n) is 6.25. The Morgan fingerprint density at radius 2 is 1.70 bits per heavy atom. The van der Waals surface area contributed by atoms with Crippen LogP contribution in [0.2, 0.25) is 0 Å². The van der Waals surface area contributed by atoms with Crippen molar-refractivity contribution in [3.8, 4) is 0 Å². The average molecular weight is 324 g/mol. The van der Waals surface area contributed by atoms with Crippen molar-refractivity contribution in [2.45, 2.75) is 37.0 Å². The predicted molar refractivity (Wildman–Crippen MR) is 69.9 cm³/mol. The zero-order valence-electron chi connectivity index (χ0n) is 10.7. The molecule has 2 rings (SSSR count). The second kappa shape index (κ2) is 5.41. The quantitative estimate of drug-likeness (QED) is 0.595. The minimum atomic E-state index is -3.77. The second-order valence-electron chi connectivity index (χ2n) is 5.02. The molecule has 2 aliphatic rings. The van der Waals surface area contributed by atoms with E-state index in [1.54, 1.807) is 0 Å². The van der Waals surface area contributed by atoms with Crippen molar-refractivity contribution in [3.63, 3.8) is 0 Å². The Bertz CT molecular complexity index is 610. The molecule has 0 aromatic rings. The van der Waals surface area contributed by atoms with Gasteiger partial charge in [-0.05, 0) is 19.3 Å². The number of nitrogens with one attached hydrogen (secondary N) is 2. The van der Waals surface area contributed by atoms with E-state index in [0.29, 0.717) is 0 Å². The van der Waals surface area contributed by atoms with Gasteiger partial charge in [0, 0.05) is 6.42 Å². The maximum absolute atomic E-state index is 12.1. The number of imide groups is 1. The number of carbonyl (C=O) groups excluding carboxylic acids is 2. The normalized spacial score (nSPS) is 28.1. The van der Waals surface area contributed by atoms with Gasteiger partial charge in [0.2, 0.25) is 21.8 Å². The van der Waals surface area contributed by atoms with Crippen LogP contribution in [-0.2, 0) is 29.4 Å². The highest BCUT2D eigenvalue weighted by Crippen LogP contribution is 2.19. The van der Waals surface area contributed by atoms with Crippen LogP contribution in [0, 0.1) is 0 Å². The van der Waals surface area contributed by atoms with Crippen molar-refractivity contribution >= 4 is 31.7 Å². The molecule has 2 saturated heterocycles. The number of amides is 2. The van der Waals surface area contributed by atoms with Crippen LogP contribution in [0.1, 0.15) is 25.7 Å². The van der Waals surface area contributed by atoms with Gasteiger partial charge >= 0.3 is 0 Å². The van der Waals surface area contributed by atoms with Crippen molar-refractivity contribution in [2.24, 2.45) is 0 Å². The zero-order valence-corrected chi connectivity index (χ0v) is 12.3. The summed E-state index contributed by atoms with van der Waals surface area (Å²) < 4.78 is 49.1. The van der Waals surface area contributed by atoms with Gasteiger partial charge in [-0.25, -0.2) is 21.6 Å². The molecule has 0 bridgehead atoms. The van der Waals surface area contributed by atoms with Gasteiger partial charge in [0.1, 0.15) is 15.9 Å². The van der Waals surface area contributed by atoms with Gasteiger partial charge < -0.3 is 0 Å². The maximum Gasteiger partial charge on any atom is 0.244 e. The van der Waals surface area contributed by atoms with Crippen LogP contribution in [0.15, 0.2) is 0 Å². The van der Waals surface area contributed by atoms with E-state index in [-0.39, 0.29) is 37.2 Å². The summed E-state index contributed by atoms with van der Waals surface area (Å²) in [5.41, 5.74) is 0. The molecule has 0 aromatic carbocycles. The fourth-order valence-corrected chi connectivity index (χ4v) is 5.74. The number of hydrogen-bond donors (Lipinski definition) is 2. The lowest BCUT2D eigenvalue weighted by Crippen LogP contribution is -2.54. The molecule has 8 nitrogen and oxygen atoms in total. The molecule has 2 N–H and O–H groups in total. The Labute approximate surface area is 117 Å². The molecule has 2 aliphatic heterocycles. The topological polar surface area (TPSA) is 126 Å². The van der Waals surface area contributed by atoms with E-state index in [4.69, 9.17) is 0 Å². The number of hydrogen-bond acceptors (Lipinski definition) is 6. The number of sulfone groups is 1. The lowest BCUT2D eigenvalue weighted by atomic mass is 10.1. The molecule has 0 radical (unpaired) electrons. The molecule has 20 heavy (non-hydrogen) atoms. The Kier molecular flexibility index (Phi) is 4.17. The highest BCUT2D eigenvalue weighted by Gasteiger charge is 2.36. The fraction of sp³-hybridized carbons (Fsp3) is 0.800. The molecule has 0 saturated carbocycles. The minimum Gasteiger partial charge on any atom is -0.295 e. The molecular formula is C10H16N2O6S2.